The van der Waals surface area contributed by atoms with E-state index in [0.717, 1.165) is 0 Å². The van der Waals surface area contributed by atoms with Gasteiger partial charge in [0.15, 0.2) is 5.82 Å². The van der Waals surface area contributed by atoms with Gasteiger partial charge in [-0.2, -0.15) is 5.26 Å². The molecule has 0 spiro atoms. The first kappa shape index (κ1) is 27.3. The Balaban J connectivity index is 0.00000165. The minimum Gasteiger partial charge on any atom is -0.354 e. The molecule has 1 aliphatic heterocycles. The van der Waals surface area contributed by atoms with Gasteiger partial charge in [-0.15, -0.1) is 0 Å². The molecule has 2 amide bonds. The van der Waals surface area contributed by atoms with E-state index in [1.165, 1.54) is 13.0 Å². The lowest BCUT2D eigenvalue weighted by molar-refractivity contribution is -0.126. The van der Waals surface area contributed by atoms with Crippen molar-refractivity contribution >= 4 is 23.2 Å². The summed E-state index contributed by atoms with van der Waals surface area (Å²) in [7, 11) is 1.55. The van der Waals surface area contributed by atoms with Crippen molar-refractivity contribution in [3.8, 4) is 6.07 Å². The summed E-state index contributed by atoms with van der Waals surface area (Å²) >= 11 is 0. The number of hydrogen-bond donors (Lipinski definition) is 1. The van der Waals surface area contributed by atoms with Gasteiger partial charge in [-0.3, -0.25) is 9.59 Å². The SMILES string of the molecule is C=C/C=C(\C=C)c1nc(C(=O)NC)cc(N2CCN(C(=O)C=C)CC2)n1.CC.CC#N. The molecule has 8 heteroatoms. The van der Waals surface area contributed by atoms with E-state index in [-0.39, 0.29) is 17.5 Å². The largest absolute Gasteiger partial charge is 0.354 e. The first-order valence-electron chi connectivity index (χ1n) is 9.99. The van der Waals surface area contributed by atoms with Gasteiger partial charge in [0.25, 0.3) is 5.91 Å². The molecule has 0 aliphatic carbocycles. The standard InChI is InChI=1S/C19H23N5O2.C2H3N.C2H6/c1-5-8-14(6-2)18-21-15(19(26)20-4)13-16(22-18)23-9-11-24(12-10-23)17(25)7-3;1-2-3;1-2/h5-8,13H,1-3,9-12H2,4H3,(H,20,26);1H3;1-2H3/b14-8+;;. The van der Waals surface area contributed by atoms with E-state index < -0.39 is 0 Å². The van der Waals surface area contributed by atoms with Crippen LogP contribution in [0.15, 0.2) is 50.1 Å². The minimum atomic E-state index is -0.294. The number of carbonyl (C=O) groups is 2. The highest BCUT2D eigenvalue weighted by atomic mass is 16.2. The number of piperazine rings is 1. The Labute approximate surface area is 185 Å². The normalized spacial score (nSPS) is 12.7. The molecule has 1 fully saturated rings. The zero-order valence-electron chi connectivity index (χ0n) is 18.9. The third-order valence-corrected chi connectivity index (χ3v) is 4.04. The third kappa shape index (κ3) is 8.26. The van der Waals surface area contributed by atoms with Gasteiger partial charge >= 0.3 is 0 Å². The van der Waals surface area contributed by atoms with Crippen molar-refractivity contribution < 1.29 is 9.59 Å². The average molecular weight is 425 g/mol. The molecule has 0 bridgehead atoms. The summed E-state index contributed by atoms with van der Waals surface area (Å²) in [6.45, 7) is 18.7. The number of amides is 2. The van der Waals surface area contributed by atoms with Crippen molar-refractivity contribution in [3.05, 3.63) is 61.6 Å². The average Bonchev–Trinajstić information content (AvgIpc) is 2.83. The number of rotatable bonds is 6. The summed E-state index contributed by atoms with van der Waals surface area (Å²) in [6.07, 6.45) is 6.29. The zero-order valence-corrected chi connectivity index (χ0v) is 18.9. The van der Waals surface area contributed by atoms with Crippen molar-refractivity contribution in [1.29, 1.82) is 5.26 Å². The smallest absolute Gasteiger partial charge is 0.269 e. The number of nitrogens with one attached hydrogen (secondary N) is 1. The quantitative estimate of drug-likeness (QED) is 0.556. The molecular formula is C23H32N6O2. The van der Waals surface area contributed by atoms with Gasteiger partial charge in [0.1, 0.15) is 11.5 Å². The molecular weight excluding hydrogens is 392 g/mol. The van der Waals surface area contributed by atoms with Crippen LogP contribution in [-0.4, -0.2) is 59.9 Å². The highest BCUT2D eigenvalue weighted by molar-refractivity contribution is 5.93. The number of anilines is 1. The van der Waals surface area contributed by atoms with Gasteiger partial charge in [-0.05, 0) is 6.08 Å². The molecule has 1 aromatic heterocycles. The van der Waals surface area contributed by atoms with Gasteiger partial charge in [-0.25, -0.2) is 9.97 Å². The number of carbonyl (C=O) groups excluding carboxylic acids is 2. The van der Waals surface area contributed by atoms with E-state index in [1.807, 2.05) is 18.7 Å². The summed E-state index contributed by atoms with van der Waals surface area (Å²) in [5.74, 6) is 0.663. The maximum Gasteiger partial charge on any atom is 0.269 e. The Kier molecular flexibility index (Phi) is 13.3. The fourth-order valence-corrected chi connectivity index (χ4v) is 2.62. The van der Waals surface area contributed by atoms with Crippen molar-refractivity contribution in [2.45, 2.75) is 20.8 Å². The first-order chi connectivity index (χ1) is 14.9. The van der Waals surface area contributed by atoms with Gasteiger partial charge < -0.3 is 15.1 Å². The molecule has 1 saturated heterocycles. The second-order valence-electron chi connectivity index (χ2n) is 5.82. The van der Waals surface area contributed by atoms with Gasteiger partial charge in [0, 0.05) is 51.8 Å². The molecule has 1 aromatic rings. The molecule has 2 heterocycles. The highest BCUT2D eigenvalue weighted by Crippen LogP contribution is 2.20. The molecule has 31 heavy (non-hydrogen) atoms. The third-order valence-electron chi connectivity index (χ3n) is 4.04. The Hall–Kier alpha value is -3.73. The molecule has 0 saturated carbocycles. The van der Waals surface area contributed by atoms with Crippen LogP contribution in [0.1, 0.15) is 37.1 Å². The molecule has 2 rings (SSSR count). The van der Waals surface area contributed by atoms with Crippen LogP contribution in [-0.2, 0) is 4.79 Å². The molecule has 0 atom stereocenters. The Morgan fingerprint density at radius 3 is 2.16 bits per heavy atom. The second kappa shape index (κ2) is 15.2. The van der Waals surface area contributed by atoms with Crippen LogP contribution in [0.4, 0.5) is 5.82 Å². The molecule has 8 nitrogen and oxygen atoms in total. The van der Waals surface area contributed by atoms with E-state index in [4.69, 9.17) is 5.26 Å². The van der Waals surface area contributed by atoms with Gasteiger partial charge in [0.2, 0.25) is 5.91 Å². The summed E-state index contributed by atoms with van der Waals surface area (Å²) in [5, 5.41) is 9.90. The van der Waals surface area contributed by atoms with E-state index in [9.17, 15) is 9.59 Å². The molecule has 0 aromatic carbocycles. The summed E-state index contributed by atoms with van der Waals surface area (Å²) in [6, 6.07) is 3.40. The summed E-state index contributed by atoms with van der Waals surface area (Å²) < 4.78 is 0. The topological polar surface area (TPSA) is 102 Å². The van der Waals surface area contributed by atoms with Crippen LogP contribution in [0.25, 0.3) is 5.57 Å². The lowest BCUT2D eigenvalue weighted by Gasteiger charge is -2.35. The lowest BCUT2D eigenvalue weighted by Crippen LogP contribution is -2.48. The van der Waals surface area contributed by atoms with Crippen LogP contribution in [0, 0.1) is 11.3 Å². The maximum atomic E-state index is 12.1. The van der Waals surface area contributed by atoms with Crippen molar-refractivity contribution in [2.75, 3.05) is 38.1 Å². The highest BCUT2D eigenvalue weighted by Gasteiger charge is 2.22. The minimum absolute atomic E-state index is 0.0815. The van der Waals surface area contributed by atoms with Crippen molar-refractivity contribution in [2.24, 2.45) is 0 Å². The Morgan fingerprint density at radius 1 is 1.13 bits per heavy atom. The predicted octanol–water partition coefficient (Wildman–Crippen LogP) is 2.98. The molecule has 1 aliphatic rings. The molecule has 166 valence electrons. The Morgan fingerprint density at radius 2 is 1.71 bits per heavy atom. The fourth-order valence-electron chi connectivity index (χ4n) is 2.62. The predicted molar refractivity (Wildman–Crippen MR) is 125 cm³/mol. The van der Waals surface area contributed by atoms with Crippen LogP contribution in [0.3, 0.4) is 0 Å². The molecule has 0 radical (unpaired) electrons. The number of aromatic nitrogens is 2. The van der Waals surface area contributed by atoms with Crippen molar-refractivity contribution in [3.63, 3.8) is 0 Å². The van der Waals surface area contributed by atoms with Crippen LogP contribution >= 0.6 is 0 Å². The fraction of sp³-hybridized carbons (Fsp3) is 0.348. The van der Waals surface area contributed by atoms with Gasteiger partial charge in [0.05, 0.1) is 6.07 Å². The molecule has 0 unspecified atom stereocenters. The first-order valence-corrected chi connectivity index (χ1v) is 9.99. The number of allylic oxidation sites excluding steroid dienone is 4. The van der Waals surface area contributed by atoms with Crippen molar-refractivity contribution in [1.82, 2.24) is 20.2 Å². The van der Waals surface area contributed by atoms with Crippen LogP contribution in [0.2, 0.25) is 0 Å². The maximum absolute atomic E-state index is 12.1. The van der Waals surface area contributed by atoms with E-state index in [1.54, 1.807) is 42.3 Å². The van der Waals surface area contributed by atoms with Crippen LogP contribution < -0.4 is 10.2 Å². The van der Waals surface area contributed by atoms with E-state index >= 15 is 0 Å². The number of nitriles is 1. The second-order valence-corrected chi connectivity index (χ2v) is 5.82. The summed E-state index contributed by atoms with van der Waals surface area (Å²) in [4.78, 5) is 36.5. The van der Waals surface area contributed by atoms with E-state index in [2.05, 4.69) is 35.0 Å². The number of hydrogen-bond acceptors (Lipinski definition) is 6. The monoisotopic (exact) mass is 424 g/mol. The van der Waals surface area contributed by atoms with E-state index in [0.29, 0.717) is 43.4 Å². The van der Waals surface area contributed by atoms with Gasteiger partial charge in [-0.1, -0.05) is 51.8 Å². The molecule has 1 N–H and O–H groups in total. The zero-order chi connectivity index (χ0) is 23.8. The number of nitrogens with zero attached hydrogens (tertiary/aromatic N) is 5. The van der Waals surface area contributed by atoms with Crippen LogP contribution in [0.5, 0.6) is 0 Å². The Bertz CT molecular complexity index is 846. The summed E-state index contributed by atoms with van der Waals surface area (Å²) in [5.41, 5.74) is 0.946. The lowest BCUT2D eigenvalue weighted by atomic mass is 10.2.